The summed E-state index contributed by atoms with van der Waals surface area (Å²) < 4.78 is 0. The van der Waals surface area contributed by atoms with Crippen molar-refractivity contribution in [1.82, 2.24) is 10.6 Å². The van der Waals surface area contributed by atoms with Crippen LogP contribution < -0.4 is 10.6 Å². The van der Waals surface area contributed by atoms with Crippen LogP contribution in [0.3, 0.4) is 0 Å². The number of nitrogens with one attached hydrogen (secondary N) is 2. The van der Waals surface area contributed by atoms with E-state index >= 15 is 0 Å². The Labute approximate surface area is 94.5 Å². The average molecular weight is 210 g/mol. The highest BCUT2D eigenvalue weighted by molar-refractivity contribution is 4.92. The highest BCUT2D eigenvalue weighted by Crippen LogP contribution is 2.09. The van der Waals surface area contributed by atoms with Gasteiger partial charge < -0.3 is 10.6 Å². The molecule has 15 heavy (non-hydrogen) atoms. The Hall–Kier alpha value is -0.500. The van der Waals surface area contributed by atoms with Crippen LogP contribution in [-0.2, 0) is 0 Å². The van der Waals surface area contributed by atoms with Crippen LogP contribution in [0.5, 0.6) is 0 Å². The summed E-state index contributed by atoms with van der Waals surface area (Å²) in [6.45, 7) is 10.8. The summed E-state index contributed by atoms with van der Waals surface area (Å²) in [5.74, 6) is 0.774. The number of piperidine rings is 1. The van der Waals surface area contributed by atoms with Gasteiger partial charge in [-0.15, -0.1) is 0 Å². The van der Waals surface area contributed by atoms with Gasteiger partial charge in [0.05, 0.1) is 0 Å². The molecule has 0 spiro atoms. The Morgan fingerprint density at radius 3 is 2.87 bits per heavy atom. The molecular weight excluding hydrogens is 184 g/mol. The maximum absolute atomic E-state index is 4.07. The van der Waals surface area contributed by atoms with E-state index in [1.807, 2.05) is 0 Å². The lowest BCUT2D eigenvalue weighted by atomic mass is 10.0. The van der Waals surface area contributed by atoms with Gasteiger partial charge in [-0.1, -0.05) is 26.8 Å². The van der Waals surface area contributed by atoms with Crippen molar-refractivity contribution in [1.29, 1.82) is 0 Å². The second-order valence-corrected chi connectivity index (χ2v) is 5.06. The Bertz CT molecular complexity index is 181. The summed E-state index contributed by atoms with van der Waals surface area (Å²) >= 11 is 0. The summed E-state index contributed by atoms with van der Waals surface area (Å²) in [6, 6.07) is 0.662. The molecule has 1 aliphatic rings. The van der Waals surface area contributed by atoms with Crippen LogP contribution in [0.4, 0.5) is 0 Å². The zero-order chi connectivity index (χ0) is 11.1. The molecule has 0 aromatic rings. The topological polar surface area (TPSA) is 24.1 Å². The van der Waals surface area contributed by atoms with E-state index in [2.05, 4.69) is 31.1 Å². The predicted molar refractivity (Wildman–Crippen MR) is 66.9 cm³/mol. The van der Waals surface area contributed by atoms with E-state index in [4.69, 9.17) is 0 Å². The standard InChI is InChI=1S/C13H26N2/c1-11(2)7-8-12(3)15-10-13-6-4-5-9-14-13/h11,13-15H,3-10H2,1-2H3. The van der Waals surface area contributed by atoms with Crippen LogP contribution in [0.2, 0.25) is 0 Å². The molecule has 2 heteroatoms. The van der Waals surface area contributed by atoms with Crippen molar-refractivity contribution >= 4 is 0 Å². The molecule has 1 atom stereocenters. The van der Waals surface area contributed by atoms with Gasteiger partial charge in [0, 0.05) is 18.3 Å². The van der Waals surface area contributed by atoms with Gasteiger partial charge in [-0.2, -0.15) is 0 Å². The molecule has 1 fully saturated rings. The highest BCUT2D eigenvalue weighted by atomic mass is 15.0. The van der Waals surface area contributed by atoms with Crippen molar-refractivity contribution in [3.05, 3.63) is 12.3 Å². The molecule has 0 saturated carbocycles. The van der Waals surface area contributed by atoms with Crippen LogP contribution in [0.15, 0.2) is 12.3 Å². The van der Waals surface area contributed by atoms with Crippen molar-refractivity contribution in [3.8, 4) is 0 Å². The predicted octanol–water partition coefficient (Wildman–Crippen LogP) is 2.67. The number of hydrogen-bond donors (Lipinski definition) is 2. The van der Waals surface area contributed by atoms with Gasteiger partial charge in [0.2, 0.25) is 0 Å². The maximum Gasteiger partial charge on any atom is 0.0297 e. The first-order valence-corrected chi connectivity index (χ1v) is 6.33. The smallest absolute Gasteiger partial charge is 0.0297 e. The fraction of sp³-hybridized carbons (Fsp3) is 0.846. The zero-order valence-electron chi connectivity index (χ0n) is 10.3. The van der Waals surface area contributed by atoms with Crippen molar-refractivity contribution in [3.63, 3.8) is 0 Å². The normalized spacial score (nSPS) is 21.7. The van der Waals surface area contributed by atoms with Crippen molar-refractivity contribution in [2.45, 2.75) is 52.0 Å². The molecule has 0 bridgehead atoms. The van der Waals surface area contributed by atoms with E-state index in [0.717, 1.165) is 18.9 Å². The second-order valence-electron chi connectivity index (χ2n) is 5.06. The van der Waals surface area contributed by atoms with E-state index in [1.165, 1.54) is 37.9 Å². The molecule has 0 aromatic carbocycles. The van der Waals surface area contributed by atoms with E-state index in [1.54, 1.807) is 0 Å². The molecule has 1 aliphatic heterocycles. The summed E-state index contributed by atoms with van der Waals surface area (Å²) in [5, 5.41) is 6.99. The molecule has 0 aromatic heterocycles. The van der Waals surface area contributed by atoms with Gasteiger partial charge in [0.25, 0.3) is 0 Å². The van der Waals surface area contributed by atoms with Crippen LogP contribution in [0.1, 0.15) is 46.0 Å². The molecule has 1 rings (SSSR count). The van der Waals surface area contributed by atoms with Gasteiger partial charge in [0.15, 0.2) is 0 Å². The van der Waals surface area contributed by atoms with Crippen LogP contribution in [0, 0.1) is 5.92 Å². The lowest BCUT2D eigenvalue weighted by Crippen LogP contribution is -2.41. The molecule has 2 nitrogen and oxygen atoms in total. The average Bonchev–Trinajstić information content (AvgIpc) is 2.25. The summed E-state index contributed by atoms with van der Waals surface area (Å²) in [7, 11) is 0. The highest BCUT2D eigenvalue weighted by Gasteiger charge is 2.11. The van der Waals surface area contributed by atoms with E-state index in [9.17, 15) is 0 Å². The molecule has 2 N–H and O–H groups in total. The first kappa shape index (κ1) is 12.6. The van der Waals surface area contributed by atoms with Gasteiger partial charge >= 0.3 is 0 Å². The van der Waals surface area contributed by atoms with Crippen molar-refractivity contribution in [2.75, 3.05) is 13.1 Å². The Morgan fingerprint density at radius 2 is 2.27 bits per heavy atom. The van der Waals surface area contributed by atoms with Gasteiger partial charge in [0.1, 0.15) is 0 Å². The van der Waals surface area contributed by atoms with Crippen LogP contribution in [-0.4, -0.2) is 19.1 Å². The molecule has 0 radical (unpaired) electrons. The third-order valence-electron chi connectivity index (χ3n) is 3.03. The molecule has 0 aliphatic carbocycles. The van der Waals surface area contributed by atoms with Crippen LogP contribution >= 0.6 is 0 Å². The van der Waals surface area contributed by atoms with E-state index in [-0.39, 0.29) is 0 Å². The largest absolute Gasteiger partial charge is 0.387 e. The number of rotatable bonds is 6. The van der Waals surface area contributed by atoms with Crippen LogP contribution in [0.25, 0.3) is 0 Å². The maximum atomic E-state index is 4.07. The Morgan fingerprint density at radius 1 is 1.47 bits per heavy atom. The van der Waals surface area contributed by atoms with Gasteiger partial charge in [-0.25, -0.2) is 0 Å². The second kappa shape index (κ2) is 6.89. The van der Waals surface area contributed by atoms with Gasteiger partial charge in [-0.3, -0.25) is 0 Å². The van der Waals surface area contributed by atoms with Gasteiger partial charge in [-0.05, 0) is 38.1 Å². The molecule has 1 saturated heterocycles. The lowest BCUT2D eigenvalue weighted by Gasteiger charge is -2.24. The summed E-state index contributed by atoms with van der Waals surface area (Å²) in [4.78, 5) is 0. The molecule has 1 unspecified atom stereocenters. The van der Waals surface area contributed by atoms with Crippen molar-refractivity contribution in [2.24, 2.45) is 5.92 Å². The minimum Gasteiger partial charge on any atom is -0.387 e. The zero-order valence-corrected chi connectivity index (χ0v) is 10.3. The molecule has 88 valence electrons. The quantitative estimate of drug-likeness (QED) is 0.704. The minimum absolute atomic E-state index is 0.662. The number of hydrogen-bond acceptors (Lipinski definition) is 2. The Kier molecular flexibility index (Phi) is 5.77. The minimum atomic E-state index is 0.662. The first-order chi connectivity index (χ1) is 7.18. The SMILES string of the molecule is C=C(CCC(C)C)NCC1CCCCN1. The Balaban J connectivity index is 2.05. The molecule has 0 amide bonds. The third-order valence-corrected chi connectivity index (χ3v) is 3.03. The fourth-order valence-corrected chi connectivity index (χ4v) is 1.92. The van der Waals surface area contributed by atoms with E-state index in [0.29, 0.717) is 6.04 Å². The first-order valence-electron chi connectivity index (χ1n) is 6.33. The molecule has 1 heterocycles. The lowest BCUT2D eigenvalue weighted by molar-refractivity contribution is 0.390. The third kappa shape index (κ3) is 5.83. The van der Waals surface area contributed by atoms with E-state index < -0.39 is 0 Å². The summed E-state index contributed by atoms with van der Waals surface area (Å²) in [6.07, 6.45) is 6.38. The number of allylic oxidation sites excluding steroid dienone is 1. The fourth-order valence-electron chi connectivity index (χ4n) is 1.92. The monoisotopic (exact) mass is 210 g/mol. The summed E-state index contributed by atoms with van der Waals surface area (Å²) in [5.41, 5.74) is 1.20. The molecular formula is C13H26N2. The van der Waals surface area contributed by atoms with Crippen molar-refractivity contribution < 1.29 is 0 Å².